The molecule has 14 heavy (non-hydrogen) atoms. The summed E-state index contributed by atoms with van der Waals surface area (Å²) >= 11 is 0. The summed E-state index contributed by atoms with van der Waals surface area (Å²) in [5.41, 5.74) is 6.63. The molecule has 1 aromatic heterocycles. The van der Waals surface area contributed by atoms with Crippen molar-refractivity contribution in [2.45, 2.75) is 6.92 Å². The van der Waals surface area contributed by atoms with Crippen molar-refractivity contribution in [2.24, 2.45) is 11.7 Å². The van der Waals surface area contributed by atoms with Crippen molar-refractivity contribution in [1.82, 2.24) is 4.98 Å². The van der Waals surface area contributed by atoms with Crippen molar-refractivity contribution in [2.75, 3.05) is 24.5 Å². The van der Waals surface area contributed by atoms with Crippen LogP contribution in [0.15, 0.2) is 18.2 Å². The molecule has 1 aromatic rings. The molecule has 1 fully saturated rings. The zero-order valence-corrected chi connectivity index (χ0v) is 9.13. The van der Waals surface area contributed by atoms with Gasteiger partial charge in [0.2, 0.25) is 0 Å². The first-order valence-electron chi connectivity index (χ1n) is 4.68. The SMILES string of the molecule is Cc1cccc(N2CC(CN)C2)n1.Cl. The number of pyridine rings is 1. The first-order valence-corrected chi connectivity index (χ1v) is 4.68. The molecule has 2 rings (SSSR count). The first kappa shape index (κ1) is 11.3. The maximum Gasteiger partial charge on any atom is 0.128 e. The lowest BCUT2D eigenvalue weighted by atomic mass is 10.0. The lowest BCUT2D eigenvalue weighted by Crippen LogP contribution is -2.50. The average molecular weight is 214 g/mol. The van der Waals surface area contributed by atoms with Gasteiger partial charge < -0.3 is 10.6 Å². The third-order valence-electron chi connectivity index (χ3n) is 2.49. The largest absolute Gasteiger partial charge is 0.356 e. The van der Waals surface area contributed by atoms with Crippen LogP contribution in [0.2, 0.25) is 0 Å². The lowest BCUT2D eigenvalue weighted by molar-refractivity contribution is 0.417. The van der Waals surface area contributed by atoms with Crippen molar-refractivity contribution >= 4 is 18.2 Å². The van der Waals surface area contributed by atoms with Crippen LogP contribution in [0.5, 0.6) is 0 Å². The highest BCUT2D eigenvalue weighted by Crippen LogP contribution is 2.21. The minimum Gasteiger partial charge on any atom is -0.356 e. The fraction of sp³-hybridized carbons (Fsp3) is 0.500. The number of rotatable bonds is 2. The number of aromatic nitrogens is 1. The summed E-state index contributed by atoms with van der Waals surface area (Å²) in [5, 5.41) is 0. The molecule has 0 bridgehead atoms. The topological polar surface area (TPSA) is 42.1 Å². The fourth-order valence-electron chi connectivity index (χ4n) is 1.61. The Kier molecular flexibility index (Phi) is 3.72. The molecule has 78 valence electrons. The average Bonchev–Trinajstić information content (AvgIpc) is 2.02. The highest BCUT2D eigenvalue weighted by Gasteiger charge is 2.25. The zero-order valence-electron chi connectivity index (χ0n) is 8.31. The van der Waals surface area contributed by atoms with Crippen LogP contribution >= 0.6 is 12.4 Å². The maximum atomic E-state index is 5.56. The predicted octanol–water partition coefficient (Wildman–Crippen LogP) is 1.21. The number of nitrogens with zero attached hydrogens (tertiary/aromatic N) is 2. The second kappa shape index (κ2) is 4.62. The summed E-state index contributed by atoms with van der Waals surface area (Å²) in [4.78, 5) is 6.72. The molecule has 3 nitrogen and oxygen atoms in total. The van der Waals surface area contributed by atoms with E-state index in [1.54, 1.807) is 0 Å². The quantitative estimate of drug-likeness (QED) is 0.803. The Bertz CT molecular complexity index is 297. The number of hydrogen-bond donors (Lipinski definition) is 1. The molecule has 2 N–H and O–H groups in total. The van der Waals surface area contributed by atoms with Gasteiger partial charge in [0.15, 0.2) is 0 Å². The molecule has 4 heteroatoms. The Hall–Kier alpha value is -0.800. The molecule has 0 amide bonds. The molecule has 1 aliphatic heterocycles. The fourth-order valence-corrected chi connectivity index (χ4v) is 1.61. The van der Waals surface area contributed by atoms with Crippen LogP contribution in [-0.2, 0) is 0 Å². The lowest BCUT2D eigenvalue weighted by Gasteiger charge is -2.39. The van der Waals surface area contributed by atoms with Crippen LogP contribution in [0.4, 0.5) is 5.82 Å². The minimum absolute atomic E-state index is 0. The summed E-state index contributed by atoms with van der Waals surface area (Å²) in [6, 6.07) is 6.12. The second-order valence-electron chi connectivity index (χ2n) is 3.64. The van der Waals surface area contributed by atoms with E-state index in [0.29, 0.717) is 5.92 Å². The van der Waals surface area contributed by atoms with Gasteiger partial charge in [0.1, 0.15) is 5.82 Å². The van der Waals surface area contributed by atoms with Gasteiger partial charge in [-0.25, -0.2) is 4.98 Å². The van der Waals surface area contributed by atoms with Gasteiger partial charge in [0.05, 0.1) is 0 Å². The third-order valence-corrected chi connectivity index (χ3v) is 2.49. The maximum absolute atomic E-state index is 5.56. The molecule has 0 aromatic carbocycles. The van der Waals surface area contributed by atoms with E-state index >= 15 is 0 Å². The van der Waals surface area contributed by atoms with Crippen LogP contribution < -0.4 is 10.6 Å². The Morgan fingerprint density at radius 1 is 1.50 bits per heavy atom. The standard InChI is InChI=1S/C10H15N3.ClH/c1-8-3-2-4-10(12-8)13-6-9(5-11)7-13;/h2-4,9H,5-7,11H2,1H3;1H. The summed E-state index contributed by atoms with van der Waals surface area (Å²) in [6.07, 6.45) is 0. The monoisotopic (exact) mass is 213 g/mol. The number of hydrogen-bond acceptors (Lipinski definition) is 3. The van der Waals surface area contributed by atoms with Gasteiger partial charge in [-0.3, -0.25) is 0 Å². The van der Waals surface area contributed by atoms with Gasteiger partial charge in [-0.2, -0.15) is 0 Å². The Morgan fingerprint density at radius 2 is 2.21 bits per heavy atom. The Balaban J connectivity index is 0.000000980. The van der Waals surface area contributed by atoms with E-state index in [9.17, 15) is 0 Å². The van der Waals surface area contributed by atoms with Gasteiger partial charge in [-0.15, -0.1) is 12.4 Å². The number of aryl methyl sites for hydroxylation is 1. The van der Waals surface area contributed by atoms with E-state index < -0.39 is 0 Å². The molecular formula is C10H16ClN3. The summed E-state index contributed by atoms with van der Waals surface area (Å²) in [7, 11) is 0. The van der Waals surface area contributed by atoms with E-state index in [2.05, 4.69) is 16.0 Å². The van der Waals surface area contributed by atoms with Gasteiger partial charge in [-0.1, -0.05) is 6.07 Å². The Morgan fingerprint density at radius 3 is 2.79 bits per heavy atom. The molecular weight excluding hydrogens is 198 g/mol. The molecule has 0 atom stereocenters. The van der Waals surface area contributed by atoms with Gasteiger partial charge in [0.25, 0.3) is 0 Å². The highest BCUT2D eigenvalue weighted by molar-refractivity contribution is 5.85. The van der Waals surface area contributed by atoms with Crippen LogP contribution in [0.25, 0.3) is 0 Å². The number of halogens is 1. The zero-order chi connectivity index (χ0) is 9.26. The molecule has 0 spiro atoms. The van der Waals surface area contributed by atoms with Crippen LogP contribution in [0.1, 0.15) is 5.69 Å². The van der Waals surface area contributed by atoms with E-state index in [0.717, 1.165) is 31.1 Å². The van der Waals surface area contributed by atoms with Crippen molar-refractivity contribution < 1.29 is 0 Å². The molecule has 0 radical (unpaired) electrons. The van der Waals surface area contributed by atoms with E-state index in [1.165, 1.54) is 0 Å². The van der Waals surface area contributed by atoms with E-state index in [4.69, 9.17) is 5.73 Å². The first-order chi connectivity index (χ1) is 6.29. The van der Waals surface area contributed by atoms with E-state index in [-0.39, 0.29) is 12.4 Å². The number of nitrogens with two attached hydrogens (primary N) is 1. The van der Waals surface area contributed by atoms with Crippen molar-refractivity contribution in [3.63, 3.8) is 0 Å². The van der Waals surface area contributed by atoms with Crippen molar-refractivity contribution in [3.05, 3.63) is 23.9 Å². The van der Waals surface area contributed by atoms with Gasteiger partial charge in [0, 0.05) is 24.7 Å². The summed E-state index contributed by atoms with van der Waals surface area (Å²) in [6.45, 7) is 4.94. The second-order valence-corrected chi connectivity index (χ2v) is 3.64. The number of anilines is 1. The molecule has 0 saturated carbocycles. The molecule has 0 aliphatic carbocycles. The predicted molar refractivity (Wildman–Crippen MR) is 61.0 cm³/mol. The highest BCUT2D eigenvalue weighted by atomic mass is 35.5. The Labute approximate surface area is 90.7 Å². The normalized spacial score (nSPS) is 16.0. The van der Waals surface area contributed by atoms with Crippen LogP contribution in [-0.4, -0.2) is 24.6 Å². The van der Waals surface area contributed by atoms with Crippen LogP contribution in [0, 0.1) is 12.8 Å². The minimum atomic E-state index is 0. The summed E-state index contributed by atoms with van der Waals surface area (Å²) in [5.74, 6) is 1.76. The third kappa shape index (κ3) is 2.16. The van der Waals surface area contributed by atoms with Gasteiger partial charge in [-0.05, 0) is 25.6 Å². The van der Waals surface area contributed by atoms with Crippen LogP contribution in [0.3, 0.4) is 0 Å². The molecule has 0 unspecified atom stereocenters. The smallest absolute Gasteiger partial charge is 0.128 e. The van der Waals surface area contributed by atoms with Crippen molar-refractivity contribution in [1.29, 1.82) is 0 Å². The summed E-state index contributed by atoms with van der Waals surface area (Å²) < 4.78 is 0. The van der Waals surface area contributed by atoms with E-state index in [1.807, 2.05) is 19.1 Å². The molecule has 1 aliphatic rings. The molecule has 2 heterocycles. The molecule has 1 saturated heterocycles. The van der Waals surface area contributed by atoms with Crippen molar-refractivity contribution in [3.8, 4) is 0 Å². The van der Waals surface area contributed by atoms with Gasteiger partial charge >= 0.3 is 0 Å².